The average Bonchev–Trinajstić information content (AvgIpc) is 2.78. The van der Waals surface area contributed by atoms with Gasteiger partial charge in [-0.3, -0.25) is 4.79 Å². The summed E-state index contributed by atoms with van der Waals surface area (Å²) >= 11 is 1.24. The van der Waals surface area contributed by atoms with Crippen molar-refractivity contribution in [2.45, 2.75) is 19.9 Å². The van der Waals surface area contributed by atoms with Crippen LogP contribution < -0.4 is 5.32 Å². The van der Waals surface area contributed by atoms with Crippen molar-refractivity contribution in [3.05, 3.63) is 36.0 Å². The van der Waals surface area contributed by atoms with Gasteiger partial charge in [-0.15, -0.1) is 5.10 Å². The van der Waals surface area contributed by atoms with E-state index in [1.165, 1.54) is 11.5 Å². The summed E-state index contributed by atoms with van der Waals surface area (Å²) in [5.74, 6) is -0.174. The highest BCUT2D eigenvalue weighted by atomic mass is 32.1. The molecule has 1 heterocycles. The zero-order valence-electron chi connectivity index (χ0n) is 9.68. The minimum atomic E-state index is -0.174. The molecule has 17 heavy (non-hydrogen) atoms. The molecule has 1 amide bonds. The Hall–Kier alpha value is -1.75. The van der Waals surface area contributed by atoms with Crippen molar-refractivity contribution in [3.8, 4) is 10.4 Å². The molecule has 88 valence electrons. The first-order valence-corrected chi connectivity index (χ1v) is 6.14. The Bertz CT molecular complexity index is 507. The number of rotatable bonds is 3. The van der Waals surface area contributed by atoms with E-state index in [2.05, 4.69) is 14.9 Å². The van der Waals surface area contributed by atoms with Gasteiger partial charge in [-0.2, -0.15) is 0 Å². The molecule has 5 heteroatoms. The van der Waals surface area contributed by atoms with E-state index in [0.717, 1.165) is 10.4 Å². The Kier molecular flexibility index (Phi) is 3.49. The minimum absolute atomic E-state index is 0.0906. The molecule has 1 aromatic carbocycles. The summed E-state index contributed by atoms with van der Waals surface area (Å²) in [7, 11) is 0. The zero-order chi connectivity index (χ0) is 12.3. The monoisotopic (exact) mass is 247 g/mol. The molecule has 0 bridgehead atoms. The van der Waals surface area contributed by atoms with Crippen LogP contribution in [0.15, 0.2) is 30.3 Å². The van der Waals surface area contributed by atoms with E-state index in [1.54, 1.807) is 0 Å². The molecule has 2 rings (SSSR count). The van der Waals surface area contributed by atoms with E-state index in [4.69, 9.17) is 0 Å². The van der Waals surface area contributed by atoms with Gasteiger partial charge in [0.05, 0.1) is 4.88 Å². The highest BCUT2D eigenvalue weighted by Gasteiger charge is 2.17. The van der Waals surface area contributed by atoms with E-state index in [0.29, 0.717) is 5.69 Å². The van der Waals surface area contributed by atoms with Gasteiger partial charge >= 0.3 is 0 Å². The van der Waals surface area contributed by atoms with E-state index in [9.17, 15) is 4.79 Å². The molecule has 0 fully saturated rings. The Labute approximate surface area is 104 Å². The Morgan fingerprint density at radius 3 is 2.65 bits per heavy atom. The standard InChI is InChI=1S/C12H13N3OS/c1-8(2)13-12(16)10-11(17-15-14-10)9-6-4-3-5-7-9/h3-8H,1-2H3,(H,13,16). The van der Waals surface area contributed by atoms with Gasteiger partial charge in [0.25, 0.3) is 5.91 Å². The normalized spacial score (nSPS) is 10.5. The maximum absolute atomic E-state index is 11.9. The van der Waals surface area contributed by atoms with Crippen LogP contribution in [0.2, 0.25) is 0 Å². The smallest absolute Gasteiger partial charge is 0.273 e. The van der Waals surface area contributed by atoms with Crippen LogP contribution in [0.4, 0.5) is 0 Å². The van der Waals surface area contributed by atoms with Crippen molar-refractivity contribution in [2.75, 3.05) is 0 Å². The van der Waals surface area contributed by atoms with Crippen molar-refractivity contribution < 1.29 is 4.79 Å². The van der Waals surface area contributed by atoms with Crippen LogP contribution in [0.3, 0.4) is 0 Å². The van der Waals surface area contributed by atoms with Crippen LogP contribution in [0.5, 0.6) is 0 Å². The molecule has 1 aromatic heterocycles. The lowest BCUT2D eigenvalue weighted by Gasteiger charge is -2.07. The van der Waals surface area contributed by atoms with Gasteiger partial charge in [-0.05, 0) is 30.9 Å². The summed E-state index contributed by atoms with van der Waals surface area (Å²) in [5, 5.41) is 6.72. The fourth-order valence-corrected chi connectivity index (χ4v) is 2.11. The summed E-state index contributed by atoms with van der Waals surface area (Å²) in [6, 6.07) is 9.78. The van der Waals surface area contributed by atoms with E-state index >= 15 is 0 Å². The molecule has 0 spiro atoms. The lowest BCUT2D eigenvalue weighted by molar-refractivity contribution is 0.0938. The minimum Gasteiger partial charge on any atom is -0.348 e. The summed E-state index contributed by atoms with van der Waals surface area (Å²) < 4.78 is 3.86. The maximum Gasteiger partial charge on any atom is 0.273 e. The van der Waals surface area contributed by atoms with Crippen LogP contribution in [0.1, 0.15) is 24.3 Å². The summed E-state index contributed by atoms with van der Waals surface area (Å²) in [6.07, 6.45) is 0. The van der Waals surface area contributed by atoms with Crippen molar-refractivity contribution in [3.63, 3.8) is 0 Å². The summed E-state index contributed by atoms with van der Waals surface area (Å²) in [4.78, 5) is 12.7. The fraction of sp³-hybridized carbons (Fsp3) is 0.250. The number of carbonyl (C=O) groups is 1. The number of benzene rings is 1. The number of aromatic nitrogens is 2. The third-order valence-electron chi connectivity index (χ3n) is 2.16. The van der Waals surface area contributed by atoms with Gasteiger partial charge in [-0.1, -0.05) is 34.8 Å². The van der Waals surface area contributed by atoms with Gasteiger partial charge in [0, 0.05) is 6.04 Å². The molecule has 0 aliphatic heterocycles. The molecular weight excluding hydrogens is 234 g/mol. The van der Waals surface area contributed by atoms with Gasteiger partial charge < -0.3 is 5.32 Å². The first-order chi connectivity index (χ1) is 8.18. The molecule has 0 aliphatic rings. The molecule has 1 N–H and O–H groups in total. The second kappa shape index (κ2) is 5.05. The maximum atomic E-state index is 11.9. The first kappa shape index (κ1) is 11.7. The second-order valence-electron chi connectivity index (χ2n) is 3.94. The molecule has 0 saturated carbocycles. The van der Waals surface area contributed by atoms with Crippen molar-refractivity contribution in [1.29, 1.82) is 0 Å². The lowest BCUT2D eigenvalue weighted by atomic mass is 10.1. The highest BCUT2D eigenvalue weighted by molar-refractivity contribution is 7.09. The molecular formula is C12H13N3OS. The molecule has 0 radical (unpaired) electrons. The predicted octanol–water partition coefficient (Wildman–Crippen LogP) is 2.34. The van der Waals surface area contributed by atoms with E-state index in [1.807, 2.05) is 44.2 Å². The molecule has 0 saturated heterocycles. The fourth-order valence-electron chi connectivity index (χ4n) is 1.45. The number of carbonyl (C=O) groups excluding carboxylic acids is 1. The van der Waals surface area contributed by atoms with E-state index in [-0.39, 0.29) is 11.9 Å². The quantitative estimate of drug-likeness (QED) is 0.905. The van der Waals surface area contributed by atoms with Gasteiger partial charge in [0.15, 0.2) is 5.69 Å². The Morgan fingerprint density at radius 2 is 2.00 bits per heavy atom. The lowest BCUT2D eigenvalue weighted by Crippen LogP contribution is -2.30. The molecule has 0 atom stereocenters. The second-order valence-corrected chi connectivity index (χ2v) is 4.70. The number of hydrogen-bond acceptors (Lipinski definition) is 4. The number of amides is 1. The SMILES string of the molecule is CC(C)NC(=O)c1nnsc1-c1ccccc1. The Morgan fingerprint density at radius 1 is 1.29 bits per heavy atom. The van der Waals surface area contributed by atoms with Crippen LogP contribution in [-0.2, 0) is 0 Å². The van der Waals surface area contributed by atoms with Crippen molar-refractivity contribution in [2.24, 2.45) is 0 Å². The molecule has 4 nitrogen and oxygen atoms in total. The topological polar surface area (TPSA) is 54.9 Å². The van der Waals surface area contributed by atoms with Crippen LogP contribution in [-0.4, -0.2) is 21.5 Å². The third kappa shape index (κ3) is 2.68. The van der Waals surface area contributed by atoms with Crippen molar-refractivity contribution in [1.82, 2.24) is 14.9 Å². The first-order valence-electron chi connectivity index (χ1n) is 5.37. The van der Waals surface area contributed by atoms with Gasteiger partial charge in [-0.25, -0.2) is 0 Å². The van der Waals surface area contributed by atoms with Gasteiger partial charge in [0.2, 0.25) is 0 Å². The highest BCUT2D eigenvalue weighted by Crippen LogP contribution is 2.25. The zero-order valence-corrected chi connectivity index (χ0v) is 10.5. The summed E-state index contributed by atoms with van der Waals surface area (Å²) in [5.41, 5.74) is 1.37. The van der Waals surface area contributed by atoms with Crippen LogP contribution in [0, 0.1) is 0 Å². The largest absolute Gasteiger partial charge is 0.348 e. The predicted molar refractivity (Wildman–Crippen MR) is 67.9 cm³/mol. The summed E-state index contributed by atoms with van der Waals surface area (Å²) in [6.45, 7) is 3.83. The molecule has 2 aromatic rings. The average molecular weight is 247 g/mol. The van der Waals surface area contributed by atoms with Crippen molar-refractivity contribution >= 4 is 17.4 Å². The Balaban J connectivity index is 2.32. The number of nitrogens with zero attached hydrogens (tertiary/aromatic N) is 2. The molecule has 0 unspecified atom stereocenters. The number of nitrogens with one attached hydrogen (secondary N) is 1. The van der Waals surface area contributed by atoms with Crippen LogP contribution in [0.25, 0.3) is 10.4 Å². The van der Waals surface area contributed by atoms with Gasteiger partial charge in [0.1, 0.15) is 0 Å². The van der Waals surface area contributed by atoms with E-state index < -0.39 is 0 Å². The van der Waals surface area contributed by atoms with Crippen LogP contribution >= 0.6 is 11.5 Å². The number of hydrogen-bond donors (Lipinski definition) is 1. The molecule has 0 aliphatic carbocycles. The third-order valence-corrected chi connectivity index (χ3v) is 2.93.